The van der Waals surface area contributed by atoms with E-state index in [1.165, 1.54) is 11.3 Å². The molecule has 0 aliphatic carbocycles. The molecule has 1 amide bonds. The summed E-state index contributed by atoms with van der Waals surface area (Å²) >= 11 is 9.45. The molecule has 0 bridgehead atoms. The Bertz CT molecular complexity index is 1020. The largest absolute Gasteiger partial charge is 0.494 e. The summed E-state index contributed by atoms with van der Waals surface area (Å²) in [5.74, 6) is 0.588. The molecule has 3 rings (SSSR count). The van der Waals surface area contributed by atoms with Crippen LogP contribution in [0.3, 0.4) is 0 Å². The minimum Gasteiger partial charge on any atom is -0.494 e. The Hall–Kier alpha value is -1.80. The zero-order valence-electron chi connectivity index (χ0n) is 17.6. The maximum Gasteiger partial charge on any atom is 0.260 e. The lowest BCUT2D eigenvalue weighted by molar-refractivity contribution is 0.0983. The summed E-state index contributed by atoms with van der Waals surface area (Å²) in [6.45, 7) is 7.42. The number of anilines is 1. The van der Waals surface area contributed by atoms with Crippen LogP contribution in [0.1, 0.15) is 24.2 Å². The molecule has 0 aliphatic rings. The van der Waals surface area contributed by atoms with Crippen molar-refractivity contribution in [3.8, 4) is 5.75 Å². The van der Waals surface area contributed by atoms with E-state index in [1.54, 1.807) is 35.9 Å². The van der Waals surface area contributed by atoms with Crippen molar-refractivity contribution in [1.29, 1.82) is 0 Å². The number of methoxy groups -OCH3 is 1. The molecule has 0 saturated heterocycles. The summed E-state index contributed by atoms with van der Waals surface area (Å²) in [6.07, 6.45) is 2.00. The molecule has 0 unspecified atom stereocenters. The summed E-state index contributed by atoms with van der Waals surface area (Å²) in [7, 11) is 1.61. The Morgan fingerprint density at radius 1 is 1.20 bits per heavy atom. The lowest BCUT2D eigenvalue weighted by Gasteiger charge is -2.25. The highest BCUT2D eigenvalue weighted by molar-refractivity contribution is 7.98. The maximum absolute atomic E-state index is 13.5. The van der Waals surface area contributed by atoms with Gasteiger partial charge in [0.05, 0.1) is 16.8 Å². The first kappa shape index (κ1) is 22.9. The number of ether oxygens (including phenoxy) is 1. The van der Waals surface area contributed by atoms with Crippen molar-refractivity contribution < 1.29 is 9.53 Å². The van der Waals surface area contributed by atoms with E-state index in [0.29, 0.717) is 33.5 Å². The van der Waals surface area contributed by atoms with Crippen molar-refractivity contribution in [2.75, 3.05) is 44.4 Å². The van der Waals surface area contributed by atoms with Crippen molar-refractivity contribution in [2.24, 2.45) is 0 Å². The van der Waals surface area contributed by atoms with E-state index in [4.69, 9.17) is 21.3 Å². The Labute approximate surface area is 191 Å². The second kappa shape index (κ2) is 10.5. The standard InChI is InChI=1S/C22H26ClN3O2S2/c1-5-25(6-2)12-13-26(21(27)15-8-7-9-16(14-15)29-4)22-24-19-18(28-3)11-10-17(23)20(19)30-22/h7-11,14H,5-6,12-13H2,1-4H3. The Kier molecular flexibility index (Phi) is 7.99. The fourth-order valence-electron chi connectivity index (χ4n) is 3.20. The molecular weight excluding hydrogens is 438 g/mol. The second-order valence-electron chi connectivity index (χ2n) is 6.64. The molecule has 0 fully saturated rings. The van der Waals surface area contributed by atoms with E-state index in [2.05, 4.69) is 18.7 Å². The zero-order valence-corrected chi connectivity index (χ0v) is 20.0. The van der Waals surface area contributed by atoms with E-state index in [9.17, 15) is 4.79 Å². The van der Waals surface area contributed by atoms with Crippen molar-refractivity contribution in [1.82, 2.24) is 9.88 Å². The first-order valence-corrected chi connectivity index (χ1v) is 12.3. The normalized spacial score (nSPS) is 11.3. The topological polar surface area (TPSA) is 45.7 Å². The van der Waals surface area contributed by atoms with Gasteiger partial charge >= 0.3 is 0 Å². The van der Waals surface area contributed by atoms with Gasteiger partial charge in [0.1, 0.15) is 11.3 Å². The molecule has 8 heteroatoms. The number of aromatic nitrogens is 1. The van der Waals surface area contributed by atoms with Crippen molar-refractivity contribution in [2.45, 2.75) is 18.7 Å². The lowest BCUT2D eigenvalue weighted by atomic mass is 10.2. The van der Waals surface area contributed by atoms with E-state index in [-0.39, 0.29) is 5.91 Å². The fraction of sp³-hybridized carbons (Fsp3) is 0.364. The van der Waals surface area contributed by atoms with Crippen molar-refractivity contribution in [3.05, 3.63) is 47.0 Å². The van der Waals surface area contributed by atoms with Crippen LogP contribution in [0.5, 0.6) is 5.75 Å². The first-order chi connectivity index (χ1) is 14.5. The SMILES string of the molecule is CCN(CC)CCN(C(=O)c1cccc(SC)c1)c1nc2c(OC)ccc(Cl)c2s1. The number of fused-ring (bicyclic) bond motifs is 1. The summed E-state index contributed by atoms with van der Waals surface area (Å²) in [5, 5.41) is 1.23. The maximum atomic E-state index is 13.5. The van der Waals surface area contributed by atoms with Gasteiger partial charge in [0.2, 0.25) is 0 Å². The number of carbonyl (C=O) groups is 1. The molecule has 30 heavy (non-hydrogen) atoms. The summed E-state index contributed by atoms with van der Waals surface area (Å²) in [5.41, 5.74) is 1.34. The number of nitrogens with zero attached hydrogens (tertiary/aromatic N) is 3. The number of thiazole rings is 1. The first-order valence-electron chi connectivity index (χ1n) is 9.83. The van der Waals surface area contributed by atoms with Gasteiger partial charge in [0.25, 0.3) is 5.91 Å². The molecule has 0 aliphatic heterocycles. The average Bonchev–Trinajstić information content (AvgIpc) is 3.23. The Morgan fingerprint density at radius 3 is 2.63 bits per heavy atom. The van der Waals surface area contributed by atoms with Crippen LogP contribution in [-0.2, 0) is 0 Å². The predicted molar refractivity (Wildman–Crippen MR) is 129 cm³/mol. The molecule has 0 atom stereocenters. The average molecular weight is 464 g/mol. The van der Waals surface area contributed by atoms with Crippen LogP contribution in [0.25, 0.3) is 10.2 Å². The molecule has 0 N–H and O–H groups in total. The fourth-order valence-corrected chi connectivity index (χ4v) is 4.94. The zero-order chi connectivity index (χ0) is 21.7. The monoisotopic (exact) mass is 463 g/mol. The molecule has 1 aromatic heterocycles. The number of hydrogen-bond acceptors (Lipinski definition) is 6. The van der Waals surface area contributed by atoms with E-state index in [0.717, 1.165) is 29.2 Å². The third kappa shape index (κ3) is 4.91. The van der Waals surface area contributed by atoms with Gasteiger partial charge in [0.15, 0.2) is 5.13 Å². The molecule has 5 nitrogen and oxygen atoms in total. The van der Waals surface area contributed by atoms with Crippen LogP contribution in [-0.4, -0.2) is 55.3 Å². The number of amides is 1. The van der Waals surface area contributed by atoms with Gasteiger partial charge in [-0.2, -0.15) is 0 Å². The van der Waals surface area contributed by atoms with Crippen LogP contribution in [0, 0.1) is 0 Å². The molecular formula is C22H26ClN3O2S2. The number of thioether (sulfide) groups is 1. The van der Waals surface area contributed by atoms with Crippen LogP contribution in [0.4, 0.5) is 5.13 Å². The minimum absolute atomic E-state index is 0.0628. The molecule has 1 heterocycles. The van der Waals surface area contributed by atoms with Crippen molar-refractivity contribution >= 4 is 56.0 Å². The van der Waals surface area contributed by atoms with E-state index in [1.807, 2.05) is 30.5 Å². The number of hydrogen-bond donors (Lipinski definition) is 0. The van der Waals surface area contributed by atoms with Gasteiger partial charge in [-0.25, -0.2) is 4.98 Å². The predicted octanol–water partition coefficient (Wildman–Crippen LogP) is 5.67. The van der Waals surface area contributed by atoms with Gasteiger partial charge < -0.3 is 9.64 Å². The molecule has 0 spiro atoms. The third-order valence-electron chi connectivity index (χ3n) is 4.99. The van der Waals surface area contributed by atoms with Gasteiger partial charge in [-0.3, -0.25) is 9.69 Å². The highest BCUT2D eigenvalue weighted by Crippen LogP contribution is 2.39. The number of carbonyl (C=O) groups excluding carboxylic acids is 1. The molecule has 3 aromatic rings. The number of likely N-dealkylation sites (N-methyl/N-ethyl adjacent to an activating group) is 1. The molecule has 2 aromatic carbocycles. The smallest absolute Gasteiger partial charge is 0.260 e. The van der Waals surface area contributed by atoms with Crippen LogP contribution in [0.15, 0.2) is 41.3 Å². The van der Waals surface area contributed by atoms with Gasteiger partial charge in [-0.15, -0.1) is 11.8 Å². The minimum atomic E-state index is -0.0628. The van der Waals surface area contributed by atoms with Crippen LogP contribution < -0.4 is 9.64 Å². The van der Waals surface area contributed by atoms with Crippen molar-refractivity contribution in [3.63, 3.8) is 0 Å². The summed E-state index contributed by atoms with van der Waals surface area (Å²) < 4.78 is 6.28. The van der Waals surface area contributed by atoms with Gasteiger partial charge in [0, 0.05) is 23.5 Å². The number of rotatable bonds is 9. The molecule has 0 radical (unpaired) electrons. The van der Waals surface area contributed by atoms with Gasteiger partial charge in [-0.05, 0) is 49.7 Å². The lowest BCUT2D eigenvalue weighted by Crippen LogP contribution is -2.38. The number of benzene rings is 2. The van der Waals surface area contributed by atoms with Gasteiger partial charge in [-0.1, -0.05) is 42.9 Å². The van der Waals surface area contributed by atoms with E-state index >= 15 is 0 Å². The second-order valence-corrected chi connectivity index (χ2v) is 8.90. The van der Waals surface area contributed by atoms with E-state index < -0.39 is 0 Å². The number of halogens is 1. The highest BCUT2D eigenvalue weighted by atomic mass is 35.5. The highest BCUT2D eigenvalue weighted by Gasteiger charge is 2.24. The summed E-state index contributed by atoms with van der Waals surface area (Å²) in [4.78, 5) is 23.4. The third-order valence-corrected chi connectivity index (χ3v) is 7.26. The van der Waals surface area contributed by atoms with Crippen LogP contribution in [0.2, 0.25) is 5.02 Å². The Morgan fingerprint density at radius 2 is 1.97 bits per heavy atom. The Balaban J connectivity index is 2.03. The quantitative estimate of drug-likeness (QED) is 0.382. The molecule has 0 saturated carbocycles. The summed E-state index contributed by atoms with van der Waals surface area (Å²) in [6, 6.07) is 11.3. The molecule has 160 valence electrons. The van der Waals surface area contributed by atoms with Crippen LogP contribution >= 0.6 is 34.7 Å².